The van der Waals surface area contributed by atoms with E-state index >= 15 is 0 Å². The van der Waals surface area contributed by atoms with Gasteiger partial charge in [-0.15, -0.1) is 0 Å². The van der Waals surface area contributed by atoms with Crippen LogP contribution in [-0.2, 0) is 14.3 Å². The molecule has 0 unspecified atom stereocenters. The monoisotopic (exact) mass is 261 g/mol. The smallest absolute Gasteiger partial charge is 0.269 e. The van der Waals surface area contributed by atoms with Crippen molar-refractivity contribution in [2.45, 2.75) is 0 Å². The van der Waals surface area contributed by atoms with E-state index in [0.29, 0.717) is 5.75 Å². The van der Waals surface area contributed by atoms with Crippen molar-refractivity contribution in [2.24, 2.45) is 0 Å². The molecule has 0 saturated heterocycles. The average Bonchev–Trinajstić information content (AvgIpc) is 2.24. The predicted molar refractivity (Wildman–Crippen MR) is 59.4 cm³/mol. The van der Waals surface area contributed by atoms with Crippen LogP contribution in [0.5, 0.6) is 5.75 Å². The molecule has 0 amide bonds. The van der Waals surface area contributed by atoms with Crippen LogP contribution in [0.3, 0.4) is 0 Å². The lowest BCUT2D eigenvalue weighted by Crippen LogP contribution is -2.11. The van der Waals surface area contributed by atoms with E-state index in [0.717, 1.165) is 6.26 Å². The molecule has 0 spiro atoms. The van der Waals surface area contributed by atoms with Gasteiger partial charge in [-0.3, -0.25) is 14.3 Å². The maximum Gasteiger partial charge on any atom is 0.269 e. The summed E-state index contributed by atoms with van der Waals surface area (Å²) in [5, 5.41) is 10.4. The number of nitrogens with zero attached hydrogens (tertiary/aromatic N) is 1. The highest BCUT2D eigenvalue weighted by atomic mass is 32.2. The molecular weight excluding hydrogens is 250 g/mol. The second kappa shape index (κ2) is 5.60. The fourth-order valence-electron chi connectivity index (χ4n) is 1.01. The van der Waals surface area contributed by atoms with Gasteiger partial charge in [-0.1, -0.05) is 0 Å². The normalized spacial score (nSPS) is 11.1. The molecule has 0 aliphatic heterocycles. The molecule has 1 aromatic rings. The van der Waals surface area contributed by atoms with Gasteiger partial charge < -0.3 is 4.74 Å². The molecule has 7 nitrogen and oxygen atoms in total. The topological polar surface area (TPSA) is 95.7 Å². The number of ether oxygens (including phenoxy) is 1. The molecular formula is C9H11NO6S. The van der Waals surface area contributed by atoms with Crippen LogP contribution in [-0.4, -0.2) is 32.8 Å². The summed E-state index contributed by atoms with van der Waals surface area (Å²) in [7, 11) is -3.47. The third kappa shape index (κ3) is 5.27. The van der Waals surface area contributed by atoms with Gasteiger partial charge in [0.15, 0.2) is 0 Å². The molecule has 0 saturated carbocycles. The highest BCUT2D eigenvalue weighted by Crippen LogP contribution is 2.17. The zero-order valence-electron chi connectivity index (χ0n) is 9.03. The Kier molecular flexibility index (Phi) is 4.41. The Morgan fingerprint density at radius 2 is 1.82 bits per heavy atom. The fourth-order valence-corrected chi connectivity index (χ4v) is 1.38. The Morgan fingerprint density at radius 3 is 2.29 bits per heavy atom. The molecule has 0 bridgehead atoms. The number of nitro benzene ring substituents is 1. The minimum Gasteiger partial charge on any atom is -0.491 e. The Labute approximate surface area is 98.2 Å². The van der Waals surface area contributed by atoms with Gasteiger partial charge in [-0.05, 0) is 12.1 Å². The lowest BCUT2D eigenvalue weighted by molar-refractivity contribution is -0.384. The van der Waals surface area contributed by atoms with E-state index in [9.17, 15) is 18.5 Å². The molecule has 0 heterocycles. The maximum absolute atomic E-state index is 10.6. The molecule has 17 heavy (non-hydrogen) atoms. The third-order valence-corrected chi connectivity index (χ3v) is 2.29. The van der Waals surface area contributed by atoms with Crippen LogP contribution in [0.1, 0.15) is 0 Å². The first kappa shape index (κ1) is 13.4. The Hall–Kier alpha value is -1.67. The van der Waals surface area contributed by atoms with Crippen molar-refractivity contribution in [1.29, 1.82) is 0 Å². The summed E-state index contributed by atoms with van der Waals surface area (Å²) in [5.74, 6) is 0.410. The van der Waals surface area contributed by atoms with Crippen LogP contribution >= 0.6 is 0 Å². The Morgan fingerprint density at radius 1 is 1.24 bits per heavy atom. The van der Waals surface area contributed by atoms with Crippen LogP contribution < -0.4 is 4.74 Å². The average molecular weight is 261 g/mol. The second-order valence-corrected chi connectivity index (χ2v) is 4.77. The summed E-state index contributed by atoms with van der Waals surface area (Å²) in [6.45, 7) is -0.0549. The molecule has 8 heteroatoms. The first-order valence-electron chi connectivity index (χ1n) is 4.60. The van der Waals surface area contributed by atoms with Crippen LogP contribution in [0.25, 0.3) is 0 Å². The van der Waals surface area contributed by atoms with Gasteiger partial charge in [0, 0.05) is 12.1 Å². The fraction of sp³-hybridized carbons (Fsp3) is 0.333. The third-order valence-electron chi connectivity index (χ3n) is 1.70. The van der Waals surface area contributed by atoms with Gasteiger partial charge in [0.25, 0.3) is 15.8 Å². The molecule has 0 aromatic heterocycles. The quantitative estimate of drug-likeness (QED) is 0.327. The van der Waals surface area contributed by atoms with Gasteiger partial charge >= 0.3 is 0 Å². The first-order chi connectivity index (χ1) is 7.88. The van der Waals surface area contributed by atoms with Crippen molar-refractivity contribution in [3.63, 3.8) is 0 Å². The summed E-state index contributed by atoms with van der Waals surface area (Å²) in [4.78, 5) is 9.84. The highest BCUT2D eigenvalue weighted by molar-refractivity contribution is 7.85. The lowest BCUT2D eigenvalue weighted by atomic mass is 10.3. The summed E-state index contributed by atoms with van der Waals surface area (Å²) < 4.78 is 30.8. The van der Waals surface area contributed by atoms with Crippen molar-refractivity contribution in [3.8, 4) is 5.75 Å². The maximum atomic E-state index is 10.6. The predicted octanol–water partition coefficient (Wildman–Crippen LogP) is 0.950. The molecule has 0 aliphatic rings. The SMILES string of the molecule is CS(=O)(=O)OCCOc1ccc([N+](=O)[O-])cc1. The van der Waals surface area contributed by atoms with Crippen LogP contribution in [0.2, 0.25) is 0 Å². The number of rotatable bonds is 6. The number of hydrogen-bond acceptors (Lipinski definition) is 6. The van der Waals surface area contributed by atoms with E-state index in [1.165, 1.54) is 24.3 Å². The zero-order chi connectivity index (χ0) is 12.9. The number of non-ortho nitro benzene ring substituents is 1. The van der Waals surface area contributed by atoms with Crippen molar-refractivity contribution < 1.29 is 22.3 Å². The minimum absolute atomic E-state index is 0.0373. The molecule has 0 atom stereocenters. The lowest BCUT2D eigenvalue weighted by Gasteiger charge is -2.05. The molecule has 1 rings (SSSR count). The van der Waals surface area contributed by atoms with Gasteiger partial charge in [0.2, 0.25) is 0 Å². The summed E-state index contributed by atoms with van der Waals surface area (Å²) in [5.41, 5.74) is -0.0373. The number of nitro groups is 1. The van der Waals surface area contributed by atoms with E-state index in [2.05, 4.69) is 4.18 Å². The molecule has 1 aromatic carbocycles. The highest BCUT2D eigenvalue weighted by Gasteiger charge is 2.05. The van der Waals surface area contributed by atoms with E-state index in [1.807, 2.05) is 0 Å². The van der Waals surface area contributed by atoms with E-state index in [-0.39, 0.29) is 18.9 Å². The van der Waals surface area contributed by atoms with E-state index in [1.54, 1.807) is 0 Å². The van der Waals surface area contributed by atoms with Gasteiger partial charge in [0.1, 0.15) is 19.0 Å². The second-order valence-electron chi connectivity index (χ2n) is 3.13. The summed E-state index contributed by atoms with van der Waals surface area (Å²) in [6, 6.07) is 5.46. The summed E-state index contributed by atoms with van der Waals surface area (Å²) in [6.07, 6.45) is 0.943. The zero-order valence-corrected chi connectivity index (χ0v) is 9.85. The molecule has 0 N–H and O–H groups in total. The molecule has 94 valence electrons. The van der Waals surface area contributed by atoms with Crippen LogP contribution in [0, 0.1) is 10.1 Å². The Balaban J connectivity index is 2.40. The number of hydrogen-bond donors (Lipinski definition) is 0. The van der Waals surface area contributed by atoms with Gasteiger partial charge in [0.05, 0.1) is 11.2 Å². The van der Waals surface area contributed by atoms with Crippen LogP contribution in [0.15, 0.2) is 24.3 Å². The van der Waals surface area contributed by atoms with Crippen molar-refractivity contribution in [2.75, 3.05) is 19.5 Å². The molecule has 0 aliphatic carbocycles. The Bertz CT molecular complexity index is 481. The minimum atomic E-state index is -3.47. The van der Waals surface area contributed by atoms with Crippen molar-refractivity contribution in [1.82, 2.24) is 0 Å². The largest absolute Gasteiger partial charge is 0.491 e. The molecule has 0 radical (unpaired) electrons. The first-order valence-corrected chi connectivity index (χ1v) is 6.42. The van der Waals surface area contributed by atoms with Gasteiger partial charge in [-0.25, -0.2) is 0 Å². The standard InChI is InChI=1S/C9H11NO6S/c1-17(13,14)16-7-6-15-9-4-2-8(3-5-9)10(11)12/h2-5H,6-7H2,1H3. The van der Waals surface area contributed by atoms with Crippen molar-refractivity contribution >= 4 is 15.8 Å². The summed E-state index contributed by atoms with van der Waals surface area (Å²) >= 11 is 0. The van der Waals surface area contributed by atoms with Crippen molar-refractivity contribution in [3.05, 3.63) is 34.4 Å². The van der Waals surface area contributed by atoms with Crippen LogP contribution in [0.4, 0.5) is 5.69 Å². The van der Waals surface area contributed by atoms with Gasteiger partial charge in [-0.2, -0.15) is 8.42 Å². The van der Waals surface area contributed by atoms with E-state index < -0.39 is 15.0 Å². The molecule has 0 fully saturated rings. The van der Waals surface area contributed by atoms with E-state index in [4.69, 9.17) is 4.74 Å². The number of benzene rings is 1.